The number of benzene rings is 1. The molecule has 1 amide bonds. The van der Waals surface area contributed by atoms with Gasteiger partial charge in [-0.2, -0.15) is 0 Å². The number of nitrogens with zero attached hydrogens (tertiary/aromatic N) is 1. The molecule has 2 fully saturated rings. The summed E-state index contributed by atoms with van der Waals surface area (Å²) in [5.41, 5.74) is 3.49. The minimum absolute atomic E-state index is 0.0423. The predicted octanol–water partition coefficient (Wildman–Crippen LogP) is -0.808. The molecule has 2 aliphatic rings. The van der Waals surface area contributed by atoms with E-state index < -0.39 is 41.8 Å². The highest BCUT2D eigenvalue weighted by molar-refractivity contribution is 7.92. The first-order valence-corrected chi connectivity index (χ1v) is 14.5. The molecular weight excluding hydrogens is 454 g/mol. The molecule has 0 radical (unpaired) electrons. The quantitative estimate of drug-likeness (QED) is 0.483. The van der Waals surface area contributed by atoms with Gasteiger partial charge in [-0.15, -0.1) is 4.41 Å². The van der Waals surface area contributed by atoms with Gasteiger partial charge in [-0.3, -0.25) is 4.79 Å². The normalized spacial score (nSPS) is 25.4. The van der Waals surface area contributed by atoms with Gasteiger partial charge in [0.2, 0.25) is 5.91 Å². The summed E-state index contributed by atoms with van der Waals surface area (Å²) in [6, 6.07) is 4.47. The van der Waals surface area contributed by atoms with Crippen LogP contribution in [-0.2, 0) is 41.0 Å². The van der Waals surface area contributed by atoms with Crippen LogP contribution in [0.25, 0.3) is 0 Å². The van der Waals surface area contributed by atoms with Gasteiger partial charge in [0.1, 0.15) is 0 Å². The Bertz CT molecular complexity index is 1110. The second-order valence-electron chi connectivity index (χ2n) is 7.64. The molecule has 0 spiro atoms. The molecular formula is C17H25N3O7S3. The molecule has 1 aromatic carbocycles. The number of hydrogen-bond acceptors (Lipinski definition) is 8. The topological polar surface area (TPSA) is 147 Å². The Morgan fingerprint density at radius 2 is 1.63 bits per heavy atom. The maximum absolute atomic E-state index is 13.3. The van der Waals surface area contributed by atoms with Gasteiger partial charge in [-0.1, -0.05) is 12.1 Å². The number of hydrogen-bond donors (Lipinski definition) is 2. The Hall–Kier alpha value is -1.54. The Labute approximate surface area is 176 Å². The van der Waals surface area contributed by atoms with E-state index in [1.807, 2.05) is 0 Å². The lowest BCUT2D eigenvalue weighted by Gasteiger charge is -2.30. The predicted molar refractivity (Wildman–Crippen MR) is 110 cm³/mol. The van der Waals surface area contributed by atoms with E-state index in [4.69, 9.17) is 0 Å². The highest BCUT2D eigenvalue weighted by atomic mass is 32.2. The summed E-state index contributed by atoms with van der Waals surface area (Å²) in [6.07, 6.45) is 0.387. The van der Waals surface area contributed by atoms with E-state index in [2.05, 4.69) is 10.7 Å². The minimum Gasteiger partial charge on any atom is -0.352 e. The van der Waals surface area contributed by atoms with Crippen LogP contribution in [-0.4, -0.2) is 70.7 Å². The first kappa shape index (κ1) is 23.1. The van der Waals surface area contributed by atoms with Gasteiger partial charge in [0.05, 0.1) is 33.9 Å². The Kier molecular flexibility index (Phi) is 6.58. The van der Waals surface area contributed by atoms with Gasteiger partial charge < -0.3 is 5.32 Å². The summed E-state index contributed by atoms with van der Waals surface area (Å²) in [7, 11) is -10.8. The summed E-state index contributed by atoms with van der Waals surface area (Å²) in [5.74, 6) is -0.896. The van der Waals surface area contributed by atoms with Crippen molar-refractivity contribution in [1.29, 1.82) is 0 Å². The number of carbonyl (C=O) groups excluding carboxylic acids is 1. The number of nitrogens with one attached hydrogen (secondary N) is 2. The van der Waals surface area contributed by atoms with Gasteiger partial charge in [0, 0.05) is 19.5 Å². The molecule has 2 saturated heterocycles. The molecule has 168 valence electrons. The lowest BCUT2D eigenvalue weighted by molar-refractivity contribution is -0.119. The summed E-state index contributed by atoms with van der Waals surface area (Å²) < 4.78 is 75.0. The number of rotatable bonds is 7. The fourth-order valence-electron chi connectivity index (χ4n) is 3.53. The van der Waals surface area contributed by atoms with Crippen molar-refractivity contribution in [3.63, 3.8) is 0 Å². The molecule has 0 bridgehead atoms. The van der Waals surface area contributed by atoms with Crippen LogP contribution in [0, 0.1) is 0 Å². The second-order valence-corrected chi connectivity index (χ2v) is 13.9. The van der Waals surface area contributed by atoms with Crippen LogP contribution >= 0.6 is 0 Å². The van der Waals surface area contributed by atoms with Gasteiger partial charge in [-0.25, -0.2) is 30.7 Å². The zero-order valence-electron chi connectivity index (χ0n) is 16.4. The molecule has 2 heterocycles. The average Bonchev–Trinajstić information content (AvgIpc) is 3.18. The monoisotopic (exact) mass is 479 g/mol. The van der Waals surface area contributed by atoms with E-state index in [1.54, 1.807) is 12.1 Å². The Morgan fingerprint density at radius 3 is 2.13 bits per heavy atom. The number of amides is 1. The van der Waals surface area contributed by atoms with Crippen molar-refractivity contribution in [3.8, 4) is 0 Å². The van der Waals surface area contributed by atoms with Gasteiger partial charge in [0.15, 0.2) is 19.7 Å². The number of sulfone groups is 2. The maximum atomic E-state index is 13.3. The van der Waals surface area contributed by atoms with Crippen molar-refractivity contribution in [3.05, 3.63) is 29.8 Å². The van der Waals surface area contributed by atoms with Crippen molar-refractivity contribution in [2.75, 3.05) is 23.0 Å². The van der Waals surface area contributed by atoms with Crippen LogP contribution in [0.4, 0.5) is 0 Å². The van der Waals surface area contributed by atoms with Crippen LogP contribution in [0.1, 0.15) is 25.3 Å². The first-order chi connectivity index (χ1) is 13.9. The van der Waals surface area contributed by atoms with E-state index in [9.17, 15) is 30.0 Å². The third kappa shape index (κ3) is 5.58. The third-order valence-corrected chi connectivity index (χ3v) is 10.4. The van der Waals surface area contributed by atoms with Gasteiger partial charge in [0.25, 0.3) is 10.0 Å². The maximum Gasteiger partial charge on any atom is 0.256 e. The highest BCUT2D eigenvalue weighted by Crippen LogP contribution is 2.25. The fraction of sp³-hybridized carbons (Fsp3) is 0.588. The molecule has 0 saturated carbocycles. The Morgan fingerprint density at radius 1 is 1.03 bits per heavy atom. The molecule has 2 aliphatic heterocycles. The Balaban J connectivity index is 1.86. The van der Waals surface area contributed by atoms with E-state index in [0.29, 0.717) is 5.56 Å². The van der Waals surface area contributed by atoms with Crippen molar-refractivity contribution in [1.82, 2.24) is 15.2 Å². The van der Waals surface area contributed by atoms with Gasteiger partial charge >= 0.3 is 0 Å². The van der Waals surface area contributed by atoms with E-state index in [-0.39, 0.29) is 53.2 Å². The zero-order valence-corrected chi connectivity index (χ0v) is 18.9. The zero-order chi connectivity index (χ0) is 22.2. The summed E-state index contributed by atoms with van der Waals surface area (Å²) >= 11 is 0. The molecule has 2 atom stereocenters. The van der Waals surface area contributed by atoms with Crippen molar-refractivity contribution in [2.45, 2.75) is 43.3 Å². The highest BCUT2D eigenvalue weighted by Gasteiger charge is 2.41. The summed E-state index contributed by atoms with van der Waals surface area (Å²) in [5, 5.41) is 2.62. The van der Waals surface area contributed by atoms with Crippen molar-refractivity contribution in [2.24, 2.45) is 0 Å². The lowest BCUT2D eigenvalue weighted by Crippen LogP contribution is -2.54. The standard InChI is InChI=1S/C17H25N3O7S3/c1-13(21)18-10-14-2-4-17(5-3-14)30(26,27)20(16-7-9-29(24,25)12-16)19-15-6-8-28(22,23)11-15/h2-5,15-16,19H,6-12H2,1H3,(H,18,21)/t15-,16+/m1/s1. The third-order valence-electron chi connectivity index (χ3n) is 5.10. The van der Waals surface area contributed by atoms with Crippen molar-refractivity contribution < 1.29 is 30.0 Å². The lowest BCUT2D eigenvalue weighted by atomic mass is 10.2. The SMILES string of the molecule is CC(=O)NCc1ccc(S(=O)(=O)N(N[C@@H]2CCS(=O)(=O)C2)[C@H]2CCS(=O)(=O)C2)cc1. The number of hydrazine groups is 1. The largest absolute Gasteiger partial charge is 0.352 e. The van der Waals surface area contributed by atoms with E-state index >= 15 is 0 Å². The number of carbonyl (C=O) groups is 1. The molecule has 0 unspecified atom stereocenters. The molecule has 2 N–H and O–H groups in total. The van der Waals surface area contributed by atoms with Crippen LogP contribution in [0.3, 0.4) is 0 Å². The second kappa shape index (κ2) is 8.54. The fourth-order valence-corrected chi connectivity index (χ4v) is 8.55. The molecule has 1 aromatic rings. The van der Waals surface area contributed by atoms with Crippen LogP contribution in [0.5, 0.6) is 0 Å². The van der Waals surface area contributed by atoms with Gasteiger partial charge in [-0.05, 0) is 30.5 Å². The molecule has 13 heteroatoms. The molecule has 30 heavy (non-hydrogen) atoms. The summed E-state index contributed by atoms with van der Waals surface area (Å²) in [6.45, 7) is 1.62. The van der Waals surface area contributed by atoms with Crippen LogP contribution in [0.2, 0.25) is 0 Å². The van der Waals surface area contributed by atoms with Crippen LogP contribution < -0.4 is 10.7 Å². The van der Waals surface area contributed by atoms with E-state index in [1.165, 1.54) is 19.1 Å². The summed E-state index contributed by atoms with van der Waals surface area (Å²) in [4.78, 5) is 11.0. The van der Waals surface area contributed by atoms with Crippen LogP contribution in [0.15, 0.2) is 29.2 Å². The first-order valence-electron chi connectivity index (χ1n) is 9.43. The minimum atomic E-state index is -4.13. The molecule has 3 rings (SSSR count). The van der Waals surface area contributed by atoms with Crippen molar-refractivity contribution >= 4 is 35.6 Å². The molecule has 10 nitrogen and oxygen atoms in total. The smallest absolute Gasteiger partial charge is 0.256 e. The van der Waals surface area contributed by atoms with E-state index in [0.717, 1.165) is 4.41 Å². The molecule has 0 aliphatic carbocycles. The molecule has 0 aromatic heterocycles. The number of sulfonamides is 1. The average molecular weight is 480 g/mol.